The third-order valence-electron chi connectivity index (χ3n) is 7.30. The van der Waals surface area contributed by atoms with Gasteiger partial charge in [0.25, 0.3) is 5.91 Å². The van der Waals surface area contributed by atoms with Crippen molar-refractivity contribution in [3.8, 4) is 0 Å². The van der Waals surface area contributed by atoms with Gasteiger partial charge in [0.15, 0.2) is 0 Å². The molecule has 0 aliphatic carbocycles. The number of aryl methyl sites for hydroxylation is 2. The number of aromatic nitrogens is 2. The Kier molecular flexibility index (Phi) is 6.78. The number of nitrogens with zero attached hydrogens (tertiary/aromatic N) is 5. The van der Waals surface area contributed by atoms with Crippen molar-refractivity contribution in [2.45, 2.75) is 33.2 Å². The van der Waals surface area contributed by atoms with Gasteiger partial charge in [-0.1, -0.05) is 48.0 Å². The van der Waals surface area contributed by atoms with Crippen molar-refractivity contribution in [2.24, 2.45) is 0 Å². The molecule has 8 heteroatoms. The minimum Gasteiger partial charge on any atom is -0.382 e. The van der Waals surface area contributed by atoms with Crippen LogP contribution in [0.1, 0.15) is 44.0 Å². The van der Waals surface area contributed by atoms with E-state index in [1.807, 2.05) is 30.3 Å². The fourth-order valence-electron chi connectivity index (χ4n) is 5.30. The molecule has 3 heterocycles. The number of hydrogen-bond acceptors (Lipinski definition) is 6. The number of amides is 1. The molecule has 8 nitrogen and oxygen atoms in total. The molecule has 1 saturated heterocycles. The molecular weight excluding hydrogens is 452 g/mol. The van der Waals surface area contributed by atoms with Crippen molar-refractivity contribution in [3.05, 3.63) is 76.5 Å². The summed E-state index contributed by atoms with van der Waals surface area (Å²) in [5.74, 6) is -0.0810. The van der Waals surface area contributed by atoms with Crippen molar-refractivity contribution < 1.29 is 9.59 Å². The van der Waals surface area contributed by atoms with Crippen LogP contribution in [0.5, 0.6) is 0 Å². The summed E-state index contributed by atoms with van der Waals surface area (Å²) in [5, 5.41) is 4.29. The highest BCUT2D eigenvalue weighted by Gasteiger charge is 2.33. The van der Waals surface area contributed by atoms with Crippen LogP contribution in [-0.2, 0) is 13.0 Å². The molecule has 0 atom stereocenters. The monoisotopic (exact) mass is 486 g/mol. The molecule has 2 aromatic carbocycles. The van der Waals surface area contributed by atoms with Crippen LogP contribution in [0.2, 0.25) is 0 Å². The van der Waals surface area contributed by atoms with Crippen LogP contribution in [0, 0.1) is 13.8 Å². The maximum absolute atomic E-state index is 13.3. The van der Waals surface area contributed by atoms with Crippen molar-refractivity contribution in [1.29, 1.82) is 0 Å². The van der Waals surface area contributed by atoms with Gasteiger partial charge in [0.05, 0.1) is 0 Å². The van der Waals surface area contributed by atoms with Gasteiger partial charge in [0.2, 0.25) is 5.91 Å². The van der Waals surface area contributed by atoms with Gasteiger partial charge in [-0.25, -0.2) is 0 Å². The Labute approximate surface area is 212 Å². The first-order valence-corrected chi connectivity index (χ1v) is 12.7. The number of benzene rings is 2. The Bertz CT molecular complexity index is 1260. The lowest BCUT2D eigenvalue weighted by Crippen LogP contribution is -2.47. The largest absolute Gasteiger partial charge is 0.382 e. The zero-order valence-corrected chi connectivity index (χ0v) is 21.1. The molecule has 0 saturated carbocycles. The third-order valence-corrected chi connectivity index (χ3v) is 7.30. The second kappa shape index (κ2) is 10.1. The predicted molar refractivity (Wildman–Crippen MR) is 141 cm³/mol. The van der Waals surface area contributed by atoms with Crippen molar-refractivity contribution in [1.82, 2.24) is 19.6 Å². The summed E-state index contributed by atoms with van der Waals surface area (Å²) in [6.45, 7) is 9.61. The van der Waals surface area contributed by atoms with E-state index in [-0.39, 0.29) is 17.6 Å². The average molecular weight is 487 g/mol. The molecule has 0 spiro atoms. The molecule has 36 heavy (non-hydrogen) atoms. The SMILES string of the molecule is Cc1ccc(N2CCN(CCC(=O)n3nc(N)c4c3C(=O)N(Cc3ccccc3)CC4)CC2)c(C)c1. The van der Waals surface area contributed by atoms with Crippen molar-refractivity contribution >= 4 is 23.3 Å². The smallest absolute Gasteiger partial charge is 0.273 e. The Morgan fingerprint density at radius 1 is 1.00 bits per heavy atom. The van der Waals surface area contributed by atoms with Crippen LogP contribution in [-0.4, -0.2) is 70.7 Å². The van der Waals surface area contributed by atoms with E-state index in [4.69, 9.17) is 5.73 Å². The highest BCUT2D eigenvalue weighted by atomic mass is 16.2. The van der Waals surface area contributed by atoms with E-state index in [1.54, 1.807) is 4.90 Å². The standard InChI is InChI=1S/C28H34N6O2/c1-20-8-9-24(21(2)18-20)32-16-14-31(15-17-32)12-11-25(35)34-26-23(27(29)30-34)10-13-33(28(26)36)19-22-6-4-3-5-7-22/h3-9,18H,10-17,19H2,1-2H3,(H2,29,30). The summed E-state index contributed by atoms with van der Waals surface area (Å²) in [5.41, 5.74) is 12.1. The number of nitrogens with two attached hydrogens (primary N) is 1. The van der Waals surface area contributed by atoms with Gasteiger partial charge in [-0.3, -0.25) is 14.5 Å². The lowest BCUT2D eigenvalue weighted by atomic mass is 10.0. The average Bonchev–Trinajstić information content (AvgIpc) is 3.22. The Hall–Kier alpha value is -3.65. The number of hydrogen-bond donors (Lipinski definition) is 1. The molecule has 3 aromatic rings. The molecule has 1 amide bonds. The van der Waals surface area contributed by atoms with Gasteiger partial charge in [0, 0.05) is 63.5 Å². The fourth-order valence-corrected chi connectivity index (χ4v) is 5.30. The molecule has 0 bridgehead atoms. The summed E-state index contributed by atoms with van der Waals surface area (Å²) >= 11 is 0. The first-order chi connectivity index (χ1) is 17.4. The molecule has 2 N–H and O–H groups in total. The van der Waals surface area contributed by atoms with E-state index in [1.165, 1.54) is 21.5 Å². The van der Waals surface area contributed by atoms with Gasteiger partial charge in [-0.15, -0.1) is 5.10 Å². The number of anilines is 2. The highest BCUT2D eigenvalue weighted by molar-refractivity contribution is 6.00. The summed E-state index contributed by atoms with van der Waals surface area (Å²) in [7, 11) is 0. The normalized spacial score (nSPS) is 16.3. The van der Waals surface area contributed by atoms with Crippen LogP contribution < -0.4 is 10.6 Å². The molecule has 5 rings (SSSR count). The van der Waals surface area contributed by atoms with E-state index in [9.17, 15) is 9.59 Å². The number of carbonyl (C=O) groups is 2. The Balaban J connectivity index is 1.21. The second-order valence-electron chi connectivity index (χ2n) is 9.85. The molecule has 0 unspecified atom stereocenters. The second-order valence-corrected chi connectivity index (χ2v) is 9.85. The van der Waals surface area contributed by atoms with Crippen LogP contribution in [0.4, 0.5) is 11.5 Å². The maximum atomic E-state index is 13.3. The summed E-state index contributed by atoms with van der Waals surface area (Å²) in [4.78, 5) is 33.0. The van der Waals surface area contributed by atoms with Crippen LogP contribution in [0.3, 0.4) is 0 Å². The van der Waals surface area contributed by atoms with Gasteiger partial charge in [-0.2, -0.15) is 4.68 Å². The van der Waals surface area contributed by atoms with E-state index < -0.39 is 0 Å². The first kappa shape index (κ1) is 24.1. The highest BCUT2D eigenvalue weighted by Crippen LogP contribution is 2.26. The summed E-state index contributed by atoms with van der Waals surface area (Å²) in [6.07, 6.45) is 0.899. The van der Waals surface area contributed by atoms with Gasteiger partial charge in [-0.05, 0) is 37.5 Å². The van der Waals surface area contributed by atoms with Crippen LogP contribution in [0.15, 0.2) is 48.5 Å². The number of rotatable bonds is 6. The maximum Gasteiger partial charge on any atom is 0.273 e. The molecule has 0 radical (unpaired) electrons. The van der Waals surface area contributed by atoms with Crippen molar-refractivity contribution in [2.75, 3.05) is 49.9 Å². The molecule has 1 fully saturated rings. The zero-order chi connectivity index (χ0) is 25.2. The lowest BCUT2D eigenvalue weighted by molar-refractivity contribution is 0.0693. The molecule has 2 aliphatic heterocycles. The minimum absolute atomic E-state index is 0.181. The minimum atomic E-state index is -0.185. The van der Waals surface area contributed by atoms with Gasteiger partial charge in [0.1, 0.15) is 11.5 Å². The van der Waals surface area contributed by atoms with Gasteiger partial charge >= 0.3 is 0 Å². The fraction of sp³-hybridized carbons (Fsp3) is 0.393. The zero-order valence-electron chi connectivity index (χ0n) is 21.1. The number of nitrogen functional groups attached to an aromatic ring is 1. The van der Waals surface area contributed by atoms with E-state index in [0.717, 1.165) is 31.7 Å². The topological polar surface area (TPSA) is 87.7 Å². The number of fused-ring (bicyclic) bond motifs is 1. The van der Waals surface area contributed by atoms with Crippen molar-refractivity contribution in [3.63, 3.8) is 0 Å². The third kappa shape index (κ3) is 4.86. The Morgan fingerprint density at radius 3 is 2.47 bits per heavy atom. The first-order valence-electron chi connectivity index (χ1n) is 12.7. The van der Waals surface area contributed by atoms with E-state index >= 15 is 0 Å². The van der Waals surface area contributed by atoms with Gasteiger partial charge < -0.3 is 15.5 Å². The predicted octanol–water partition coefficient (Wildman–Crippen LogP) is 3.13. The Morgan fingerprint density at radius 2 is 1.75 bits per heavy atom. The molecule has 1 aromatic heterocycles. The summed E-state index contributed by atoms with van der Waals surface area (Å²) in [6, 6.07) is 16.5. The molecular formula is C28H34N6O2. The quantitative estimate of drug-likeness (QED) is 0.576. The molecule has 2 aliphatic rings. The van der Waals surface area contributed by atoms with Crippen LogP contribution in [0.25, 0.3) is 0 Å². The lowest BCUT2D eigenvalue weighted by Gasteiger charge is -2.36. The summed E-state index contributed by atoms with van der Waals surface area (Å²) < 4.78 is 1.26. The van der Waals surface area contributed by atoms with E-state index in [2.05, 4.69) is 46.9 Å². The van der Waals surface area contributed by atoms with Crippen LogP contribution >= 0.6 is 0 Å². The molecule has 188 valence electrons. The number of carbonyl (C=O) groups excluding carboxylic acids is 2. The number of piperazine rings is 1. The van der Waals surface area contributed by atoms with E-state index in [0.29, 0.717) is 43.7 Å².